The minimum atomic E-state index is -2.37. The van der Waals surface area contributed by atoms with E-state index in [1.807, 2.05) is 6.92 Å². The lowest BCUT2D eigenvalue weighted by Crippen LogP contribution is -2.42. The Balaban J connectivity index is 3.38. The highest BCUT2D eigenvalue weighted by Gasteiger charge is 2.36. The molecule has 0 aliphatic carbocycles. The van der Waals surface area contributed by atoms with Gasteiger partial charge in [-0.1, -0.05) is 39.0 Å². The first kappa shape index (κ1) is 20.6. The molecule has 0 fully saturated rings. The number of rotatable bonds is 14. The van der Waals surface area contributed by atoms with Crippen molar-refractivity contribution in [1.29, 1.82) is 0 Å². The van der Waals surface area contributed by atoms with Crippen molar-refractivity contribution in [2.45, 2.75) is 64.3 Å². The Labute approximate surface area is 130 Å². The molecule has 0 aromatic carbocycles. The minimum absolute atomic E-state index is 0.0999. The summed E-state index contributed by atoms with van der Waals surface area (Å²) in [7, 11) is 2.61. The molecule has 0 saturated heterocycles. The summed E-state index contributed by atoms with van der Waals surface area (Å²) >= 11 is 0. The SMILES string of the molecule is CCC(=O)OCCCCCCCCC[Si](OC)(OC)OC. The van der Waals surface area contributed by atoms with Crippen molar-refractivity contribution in [2.75, 3.05) is 27.9 Å². The topological polar surface area (TPSA) is 54.0 Å². The first-order chi connectivity index (χ1) is 10.1. The van der Waals surface area contributed by atoms with Gasteiger partial charge in [0, 0.05) is 33.8 Å². The van der Waals surface area contributed by atoms with Crippen LogP contribution in [0.1, 0.15) is 58.3 Å². The molecule has 21 heavy (non-hydrogen) atoms. The molecule has 0 spiro atoms. The van der Waals surface area contributed by atoms with Gasteiger partial charge in [-0.2, -0.15) is 0 Å². The van der Waals surface area contributed by atoms with E-state index in [0.717, 1.165) is 25.3 Å². The zero-order chi connectivity index (χ0) is 16.0. The Bertz CT molecular complexity index is 248. The van der Waals surface area contributed by atoms with E-state index in [9.17, 15) is 4.79 Å². The molecular formula is C15H32O5Si. The van der Waals surface area contributed by atoms with Gasteiger partial charge in [0.15, 0.2) is 0 Å². The molecule has 0 aromatic heterocycles. The Morgan fingerprint density at radius 3 is 1.76 bits per heavy atom. The summed E-state index contributed by atoms with van der Waals surface area (Å²) in [4.78, 5) is 10.9. The monoisotopic (exact) mass is 320 g/mol. The molecule has 0 unspecified atom stereocenters. The van der Waals surface area contributed by atoms with Gasteiger partial charge in [-0.05, 0) is 12.8 Å². The lowest BCUT2D eigenvalue weighted by molar-refractivity contribution is -0.143. The van der Waals surface area contributed by atoms with E-state index in [2.05, 4.69) is 0 Å². The fraction of sp³-hybridized carbons (Fsp3) is 0.933. The van der Waals surface area contributed by atoms with Gasteiger partial charge >= 0.3 is 14.8 Å². The predicted octanol–water partition coefficient (Wildman–Crippen LogP) is 3.55. The molecule has 0 radical (unpaired) electrons. The van der Waals surface area contributed by atoms with Crippen LogP contribution in [0, 0.1) is 0 Å². The third kappa shape index (κ3) is 10.0. The average Bonchev–Trinajstić information content (AvgIpc) is 2.53. The molecule has 0 aliphatic heterocycles. The Hall–Kier alpha value is -0.433. The van der Waals surface area contributed by atoms with E-state index in [4.69, 9.17) is 18.0 Å². The molecule has 6 heteroatoms. The van der Waals surface area contributed by atoms with Crippen LogP contribution < -0.4 is 0 Å². The van der Waals surface area contributed by atoms with Gasteiger partial charge in [-0.25, -0.2) is 0 Å². The second-order valence-corrected chi connectivity index (χ2v) is 8.19. The zero-order valence-corrected chi connectivity index (χ0v) is 15.1. The van der Waals surface area contributed by atoms with Crippen molar-refractivity contribution in [3.05, 3.63) is 0 Å². The van der Waals surface area contributed by atoms with Crippen LogP contribution in [0.4, 0.5) is 0 Å². The minimum Gasteiger partial charge on any atom is -0.466 e. The van der Waals surface area contributed by atoms with Gasteiger partial charge in [0.25, 0.3) is 0 Å². The lowest BCUT2D eigenvalue weighted by Gasteiger charge is -2.24. The molecule has 126 valence electrons. The third-order valence-corrected chi connectivity index (χ3v) is 6.44. The standard InChI is InChI=1S/C15H32O5Si/c1-5-15(16)20-13-11-9-7-6-8-10-12-14-21(17-2,18-3)19-4/h5-14H2,1-4H3. The van der Waals surface area contributed by atoms with Crippen molar-refractivity contribution >= 4 is 14.8 Å². The summed E-state index contributed by atoms with van der Waals surface area (Å²) in [6.07, 6.45) is 8.47. The van der Waals surface area contributed by atoms with E-state index in [1.165, 1.54) is 25.7 Å². The molecular weight excluding hydrogens is 288 g/mol. The summed E-state index contributed by atoms with van der Waals surface area (Å²) in [5.74, 6) is -0.0999. The highest BCUT2D eigenvalue weighted by atomic mass is 28.4. The van der Waals surface area contributed by atoms with Crippen LogP contribution in [-0.4, -0.2) is 42.7 Å². The normalized spacial score (nSPS) is 11.6. The third-order valence-electron chi connectivity index (χ3n) is 3.61. The molecule has 0 amide bonds. The molecule has 0 aliphatic rings. The number of ether oxygens (including phenoxy) is 1. The van der Waals surface area contributed by atoms with Crippen LogP contribution in [0.3, 0.4) is 0 Å². The predicted molar refractivity (Wildman–Crippen MR) is 85.2 cm³/mol. The van der Waals surface area contributed by atoms with Crippen molar-refractivity contribution < 1.29 is 22.8 Å². The number of unbranched alkanes of at least 4 members (excludes halogenated alkanes) is 6. The van der Waals surface area contributed by atoms with Crippen molar-refractivity contribution in [2.24, 2.45) is 0 Å². The molecule has 5 nitrogen and oxygen atoms in total. The number of esters is 1. The van der Waals surface area contributed by atoms with E-state index in [-0.39, 0.29) is 5.97 Å². The molecule has 0 heterocycles. The number of hydrogen-bond acceptors (Lipinski definition) is 5. The number of carbonyl (C=O) groups is 1. The van der Waals surface area contributed by atoms with Crippen LogP contribution in [0.2, 0.25) is 6.04 Å². The second kappa shape index (κ2) is 13.2. The fourth-order valence-electron chi connectivity index (χ4n) is 2.17. The van der Waals surface area contributed by atoms with Crippen molar-refractivity contribution in [3.63, 3.8) is 0 Å². The Morgan fingerprint density at radius 1 is 0.810 bits per heavy atom. The van der Waals surface area contributed by atoms with Gasteiger partial charge in [-0.15, -0.1) is 0 Å². The first-order valence-electron chi connectivity index (χ1n) is 7.95. The van der Waals surface area contributed by atoms with Crippen LogP contribution in [0.25, 0.3) is 0 Å². The van der Waals surface area contributed by atoms with E-state index in [0.29, 0.717) is 13.0 Å². The van der Waals surface area contributed by atoms with Gasteiger partial charge < -0.3 is 18.0 Å². The number of hydrogen-bond donors (Lipinski definition) is 0. The summed E-state index contributed by atoms with van der Waals surface area (Å²) in [5.41, 5.74) is 0. The van der Waals surface area contributed by atoms with Gasteiger partial charge in [0.05, 0.1) is 6.61 Å². The summed E-state index contributed by atoms with van der Waals surface area (Å²) < 4.78 is 21.2. The maximum atomic E-state index is 10.9. The van der Waals surface area contributed by atoms with E-state index < -0.39 is 8.80 Å². The summed E-state index contributed by atoms with van der Waals surface area (Å²) in [5, 5.41) is 0. The fourth-order valence-corrected chi connectivity index (χ4v) is 3.97. The first-order valence-corrected chi connectivity index (χ1v) is 9.88. The zero-order valence-electron chi connectivity index (χ0n) is 14.1. The summed E-state index contributed by atoms with van der Waals surface area (Å²) in [6, 6.07) is 0.878. The maximum absolute atomic E-state index is 10.9. The van der Waals surface area contributed by atoms with E-state index in [1.54, 1.807) is 21.3 Å². The average molecular weight is 321 g/mol. The van der Waals surface area contributed by atoms with Crippen molar-refractivity contribution in [3.8, 4) is 0 Å². The summed E-state index contributed by atoms with van der Waals surface area (Å²) in [6.45, 7) is 2.38. The molecule has 0 aromatic rings. The number of carbonyl (C=O) groups excluding carboxylic acids is 1. The molecule has 0 atom stereocenters. The Morgan fingerprint density at radius 2 is 1.29 bits per heavy atom. The molecule has 0 N–H and O–H groups in total. The highest BCUT2D eigenvalue weighted by molar-refractivity contribution is 6.60. The van der Waals surface area contributed by atoms with Gasteiger partial charge in [-0.3, -0.25) is 4.79 Å². The van der Waals surface area contributed by atoms with Gasteiger partial charge in [0.2, 0.25) is 0 Å². The second-order valence-electron chi connectivity index (χ2n) is 5.09. The van der Waals surface area contributed by atoms with E-state index >= 15 is 0 Å². The quantitative estimate of drug-likeness (QED) is 0.278. The van der Waals surface area contributed by atoms with Crippen LogP contribution >= 0.6 is 0 Å². The molecule has 0 rings (SSSR count). The van der Waals surface area contributed by atoms with Gasteiger partial charge in [0.1, 0.15) is 0 Å². The highest BCUT2D eigenvalue weighted by Crippen LogP contribution is 2.18. The largest absolute Gasteiger partial charge is 0.500 e. The van der Waals surface area contributed by atoms with Crippen LogP contribution in [-0.2, 0) is 22.8 Å². The lowest BCUT2D eigenvalue weighted by atomic mass is 10.1. The smallest absolute Gasteiger partial charge is 0.466 e. The van der Waals surface area contributed by atoms with Crippen molar-refractivity contribution in [1.82, 2.24) is 0 Å². The van der Waals surface area contributed by atoms with Crippen LogP contribution in [0.5, 0.6) is 0 Å². The van der Waals surface area contributed by atoms with Crippen LogP contribution in [0.15, 0.2) is 0 Å². The maximum Gasteiger partial charge on any atom is 0.500 e. The molecule has 0 bridgehead atoms. The molecule has 0 saturated carbocycles. The Kier molecular flexibility index (Phi) is 13.0.